The maximum Gasteiger partial charge on any atom is 0.255 e. The smallest absolute Gasteiger partial charge is 0.255 e. The highest BCUT2D eigenvalue weighted by Crippen LogP contribution is 2.46. The van der Waals surface area contributed by atoms with Crippen molar-refractivity contribution in [3.05, 3.63) is 16.7 Å². The average molecular weight is 455 g/mol. The quantitative estimate of drug-likeness (QED) is 0.677. The predicted octanol–water partition coefficient (Wildman–Crippen LogP) is 2.37. The maximum atomic E-state index is 13.0. The van der Waals surface area contributed by atoms with Crippen molar-refractivity contribution in [2.24, 2.45) is 5.92 Å². The van der Waals surface area contributed by atoms with E-state index in [2.05, 4.69) is 10.2 Å². The van der Waals surface area contributed by atoms with Crippen molar-refractivity contribution in [1.82, 2.24) is 10.2 Å². The van der Waals surface area contributed by atoms with Gasteiger partial charge in [0.25, 0.3) is 5.91 Å². The number of methoxy groups -OCH3 is 2. The van der Waals surface area contributed by atoms with Crippen molar-refractivity contribution in [2.45, 2.75) is 31.5 Å². The Morgan fingerprint density at radius 1 is 1.23 bits per heavy atom. The highest BCUT2D eigenvalue weighted by atomic mass is 35.5. The molecule has 0 saturated carbocycles. The van der Waals surface area contributed by atoms with Gasteiger partial charge < -0.3 is 29.0 Å². The molecule has 3 aliphatic heterocycles. The topological polar surface area (TPSA) is 78.5 Å². The van der Waals surface area contributed by atoms with Crippen LogP contribution in [0.2, 0.25) is 5.02 Å². The minimum absolute atomic E-state index is 0.0587. The molecule has 0 aliphatic carbocycles. The van der Waals surface area contributed by atoms with E-state index in [1.54, 1.807) is 13.2 Å². The number of nitrogens with zero attached hydrogens (tertiary/aromatic N) is 1. The molecule has 0 aromatic heterocycles. The lowest BCUT2D eigenvalue weighted by atomic mass is 9.93. The molecule has 3 aliphatic rings. The summed E-state index contributed by atoms with van der Waals surface area (Å²) in [6.45, 7) is 4.90. The van der Waals surface area contributed by atoms with Crippen LogP contribution in [0.5, 0.6) is 17.2 Å². The first-order valence-electron chi connectivity index (χ1n) is 10.9. The van der Waals surface area contributed by atoms with Gasteiger partial charge in [-0.25, -0.2) is 0 Å². The minimum Gasteiger partial charge on any atom is -0.491 e. The van der Waals surface area contributed by atoms with Crippen molar-refractivity contribution in [2.75, 3.05) is 60.2 Å². The second-order valence-electron chi connectivity index (χ2n) is 8.22. The number of rotatable bonds is 7. The Balaban J connectivity index is 1.38. The third kappa shape index (κ3) is 5.03. The molecular weight excluding hydrogens is 424 g/mol. The number of carbonyl (C=O) groups is 1. The van der Waals surface area contributed by atoms with Crippen LogP contribution >= 0.6 is 11.6 Å². The van der Waals surface area contributed by atoms with E-state index in [0.29, 0.717) is 53.7 Å². The number of piperidine rings is 1. The summed E-state index contributed by atoms with van der Waals surface area (Å²) in [6.07, 6.45) is 3.63. The van der Waals surface area contributed by atoms with Crippen LogP contribution in [0.25, 0.3) is 0 Å². The maximum absolute atomic E-state index is 13.0. The molecule has 1 aromatic rings. The highest BCUT2D eigenvalue weighted by molar-refractivity contribution is 6.33. The summed E-state index contributed by atoms with van der Waals surface area (Å²) in [5, 5.41) is 3.35. The number of hydrogen-bond donors (Lipinski definition) is 1. The fourth-order valence-electron chi connectivity index (χ4n) is 4.60. The van der Waals surface area contributed by atoms with E-state index in [1.165, 1.54) is 7.11 Å². The summed E-state index contributed by atoms with van der Waals surface area (Å²) in [6, 6.07) is 1.57. The molecule has 9 heteroatoms. The van der Waals surface area contributed by atoms with Gasteiger partial charge in [-0.15, -0.1) is 0 Å². The Kier molecular flexibility index (Phi) is 7.43. The number of nitrogens with one attached hydrogen (secondary N) is 1. The number of ether oxygens (including phenoxy) is 5. The van der Waals surface area contributed by atoms with Gasteiger partial charge in [-0.1, -0.05) is 11.6 Å². The number of carbonyl (C=O) groups excluding carboxylic acids is 1. The van der Waals surface area contributed by atoms with Crippen LogP contribution in [-0.4, -0.2) is 83.2 Å². The van der Waals surface area contributed by atoms with Gasteiger partial charge in [-0.05, 0) is 31.9 Å². The van der Waals surface area contributed by atoms with Gasteiger partial charge in [0.05, 0.1) is 29.9 Å². The average Bonchev–Trinajstić information content (AvgIpc) is 3.30. The largest absolute Gasteiger partial charge is 0.491 e. The Bertz CT molecular complexity index is 786. The second-order valence-corrected chi connectivity index (χ2v) is 8.63. The molecule has 2 saturated heterocycles. The number of fused-ring (bicyclic) bond motifs is 1. The van der Waals surface area contributed by atoms with E-state index in [-0.39, 0.29) is 17.9 Å². The third-order valence-electron chi connectivity index (χ3n) is 6.26. The van der Waals surface area contributed by atoms with Crippen molar-refractivity contribution >= 4 is 17.5 Å². The molecule has 8 nitrogen and oxygen atoms in total. The first-order chi connectivity index (χ1) is 15.1. The molecule has 4 rings (SSSR count). The van der Waals surface area contributed by atoms with Gasteiger partial charge in [0.15, 0.2) is 11.5 Å². The Labute approximate surface area is 188 Å². The fourth-order valence-corrected chi connectivity index (χ4v) is 4.88. The van der Waals surface area contributed by atoms with Crippen molar-refractivity contribution in [1.29, 1.82) is 0 Å². The lowest BCUT2D eigenvalue weighted by molar-refractivity contribution is -0.0254. The van der Waals surface area contributed by atoms with Crippen LogP contribution in [-0.2, 0) is 9.47 Å². The van der Waals surface area contributed by atoms with Crippen molar-refractivity contribution in [3.63, 3.8) is 0 Å². The second kappa shape index (κ2) is 10.3. The zero-order chi connectivity index (χ0) is 21.8. The molecule has 31 heavy (non-hydrogen) atoms. The first-order valence-corrected chi connectivity index (χ1v) is 11.3. The molecule has 2 fully saturated rings. The van der Waals surface area contributed by atoms with E-state index in [9.17, 15) is 4.79 Å². The van der Waals surface area contributed by atoms with Gasteiger partial charge >= 0.3 is 0 Å². The summed E-state index contributed by atoms with van der Waals surface area (Å²) in [4.78, 5) is 15.4. The number of halogens is 1. The minimum atomic E-state index is -0.247. The molecule has 172 valence electrons. The summed E-state index contributed by atoms with van der Waals surface area (Å²) in [5.41, 5.74) is 0.352. The highest BCUT2D eigenvalue weighted by Gasteiger charge is 2.32. The number of amides is 1. The lowest BCUT2D eigenvalue weighted by Gasteiger charge is -2.38. The number of hydrogen-bond acceptors (Lipinski definition) is 7. The van der Waals surface area contributed by atoms with Crippen LogP contribution in [0.3, 0.4) is 0 Å². The summed E-state index contributed by atoms with van der Waals surface area (Å²) < 4.78 is 28.2. The Morgan fingerprint density at radius 3 is 2.74 bits per heavy atom. The molecule has 0 radical (unpaired) electrons. The fraction of sp³-hybridized carbons (Fsp3) is 0.682. The van der Waals surface area contributed by atoms with Gasteiger partial charge in [0, 0.05) is 39.3 Å². The Hall–Kier alpha value is -1.74. The van der Waals surface area contributed by atoms with E-state index < -0.39 is 0 Å². The van der Waals surface area contributed by atoms with E-state index >= 15 is 0 Å². The van der Waals surface area contributed by atoms with Crippen LogP contribution in [0.15, 0.2) is 6.07 Å². The number of likely N-dealkylation sites (tertiary alicyclic amines) is 1. The van der Waals surface area contributed by atoms with E-state index in [4.69, 9.17) is 35.3 Å². The normalized spacial score (nSPS) is 26.0. The van der Waals surface area contributed by atoms with E-state index in [1.807, 2.05) is 0 Å². The van der Waals surface area contributed by atoms with Gasteiger partial charge in [-0.3, -0.25) is 9.69 Å². The lowest BCUT2D eigenvalue weighted by Crippen LogP contribution is -2.50. The molecule has 1 unspecified atom stereocenters. The molecule has 1 N–H and O–H groups in total. The van der Waals surface area contributed by atoms with Crippen LogP contribution in [0.4, 0.5) is 0 Å². The molecule has 0 bridgehead atoms. The predicted molar refractivity (Wildman–Crippen MR) is 116 cm³/mol. The zero-order valence-electron chi connectivity index (χ0n) is 18.2. The van der Waals surface area contributed by atoms with Crippen LogP contribution < -0.4 is 19.5 Å². The SMILES string of the molecule is COc1c(Cl)cc(C(=O)NC[C@@H]2CCN(CC3CCCO3)C[C@H]2OC)c2c1OCCO2. The Morgan fingerprint density at radius 2 is 2.03 bits per heavy atom. The molecule has 3 heterocycles. The van der Waals surface area contributed by atoms with Crippen LogP contribution in [0, 0.1) is 5.92 Å². The summed E-state index contributed by atoms with van der Waals surface area (Å²) in [7, 11) is 3.25. The molecule has 0 spiro atoms. The summed E-state index contributed by atoms with van der Waals surface area (Å²) >= 11 is 6.31. The van der Waals surface area contributed by atoms with Gasteiger partial charge in [0.2, 0.25) is 5.75 Å². The van der Waals surface area contributed by atoms with Crippen molar-refractivity contribution in [3.8, 4) is 17.2 Å². The number of benzene rings is 1. The zero-order valence-corrected chi connectivity index (χ0v) is 18.9. The first kappa shape index (κ1) is 22.5. The van der Waals surface area contributed by atoms with Crippen LogP contribution in [0.1, 0.15) is 29.6 Å². The van der Waals surface area contributed by atoms with E-state index in [0.717, 1.165) is 45.5 Å². The van der Waals surface area contributed by atoms with Gasteiger partial charge in [-0.2, -0.15) is 0 Å². The summed E-state index contributed by atoms with van der Waals surface area (Å²) in [5.74, 6) is 1.12. The monoisotopic (exact) mass is 454 g/mol. The molecule has 1 amide bonds. The van der Waals surface area contributed by atoms with Crippen molar-refractivity contribution < 1.29 is 28.5 Å². The standard InChI is InChI=1S/C22H31ClN2O6/c1-27-18-13-25(12-15-4-3-7-29-15)6-5-14(18)11-24-22(26)16-10-17(23)20(28-2)21-19(16)30-8-9-31-21/h10,14-15,18H,3-9,11-13H2,1-2H3,(H,24,26)/t14-,15?,18+/m0/s1. The molecule has 1 aromatic carbocycles. The van der Waals surface area contributed by atoms with Gasteiger partial charge in [0.1, 0.15) is 13.2 Å². The third-order valence-corrected chi connectivity index (χ3v) is 6.54. The molecule has 3 atom stereocenters. The molecular formula is C22H31ClN2O6.